The van der Waals surface area contributed by atoms with Gasteiger partial charge >= 0.3 is 0 Å². The molecule has 1 heteroatoms. The minimum absolute atomic E-state index is 0.688. The molecule has 0 bridgehead atoms. The third kappa shape index (κ3) is 1.76. The van der Waals surface area contributed by atoms with Crippen molar-refractivity contribution in [1.29, 1.82) is 0 Å². The predicted octanol–water partition coefficient (Wildman–Crippen LogP) is 2.25. The van der Waals surface area contributed by atoms with Crippen molar-refractivity contribution in [3.05, 3.63) is 11.8 Å². The minimum Gasteiger partial charge on any atom is -0.369 e. The van der Waals surface area contributed by atoms with Gasteiger partial charge in [0.2, 0.25) is 0 Å². The van der Waals surface area contributed by atoms with Crippen LogP contribution < -0.4 is 0 Å². The monoisotopic (exact) mass is 139 g/mol. The van der Waals surface area contributed by atoms with Gasteiger partial charge in [0.15, 0.2) is 0 Å². The Hall–Kier alpha value is -0.460. The van der Waals surface area contributed by atoms with Crippen LogP contribution in [0.5, 0.6) is 0 Å². The van der Waals surface area contributed by atoms with Gasteiger partial charge in [0, 0.05) is 18.3 Å². The summed E-state index contributed by atoms with van der Waals surface area (Å²) >= 11 is 0. The topological polar surface area (TPSA) is 3.01 Å². The minimum atomic E-state index is 0.688. The predicted molar refractivity (Wildman–Crippen MR) is 44.8 cm³/mol. The summed E-state index contributed by atoms with van der Waals surface area (Å²) in [6.07, 6.45) is 2.32. The molecule has 0 amide bonds. The van der Waals surface area contributed by atoms with Crippen molar-refractivity contribution >= 4 is 0 Å². The van der Waals surface area contributed by atoms with E-state index in [-0.39, 0.29) is 0 Å². The Kier molecular flexibility index (Phi) is 2.02. The second-order valence-electron chi connectivity index (χ2n) is 3.55. The Morgan fingerprint density at radius 3 is 2.40 bits per heavy atom. The molecule has 1 saturated heterocycles. The lowest BCUT2D eigenvalue weighted by atomic mass is 10.2. The molecular formula is C9H17N. The van der Waals surface area contributed by atoms with Crippen LogP contribution in [0.15, 0.2) is 11.8 Å². The van der Waals surface area contributed by atoms with Crippen molar-refractivity contribution in [2.24, 2.45) is 5.92 Å². The summed E-state index contributed by atoms with van der Waals surface area (Å²) < 4.78 is 0. The van der Waals surface area contributed by atoms with E-state index in [1.807, 2.05) is 0 Å². The summed E-state index contributed by atoms with van der Waals surface area (Å²) in [5.74, 6) is 0.688. The molecule has 0 spiro atoms. The zero-order valence-corrected chi connectivity index (χ0v) is 7.39. The van der Waals surface area contributed by atoms with Crippen molar-refractivity contribution in [3.8, 4) is 0 Å². The molecule has 1 atom stereocenters. The molecule has 1 aliphatic heterocycles. The fraction of sp³-hybridized carbons (Fsp3) is 0.778. The molecule has 1 unspecified atom stereocenters. The standard InChI is InChI=1S/C9H17N/c1-7(2)5-8(3)10-6-9(10)4/h5,7,9H,6H2,1-4H3. The molecule has 0 aromatic rings. The van der Waals surface area contributed by atoms with E-state index in [9.17, 15) is 0 Å². The van der Waals surface area contributed by atoms with Gasteiger partial charge in [-0.2, -0.15) is 0 Å². The smallest absolute Gasteiger partial charge is 0.0434 e. The first kappa shape index (κ1) is 7.64. The lowest BCUT2D eigenvalue weighted by molar-refractivity contribution is 0.624. The van der Waals surface area contributed by atoms with Gasteiger partial charge in [-0.15, -0.1) is 0 Å². The van der Waals surface area contributed by atoms with Crippen LogP contribution >= 0.6 is 0 Å². The molecule has 0 aliphatic carbocycles. The number of hydrogen-bond donors (Lipinski definition) is 0. The highest BCUT2D eigenvalue weighted by Gasteiger charge is 2.28. The van der Waals surface area contributed by atoms with Gasteiger partial charge in [-0.25, -0.2) is 0 Å². The highest BCUT2D eigenvalue weighted by molar-refractivity contribution is 5.08. The van der Waals surface area contributed by atoms with E-state index in [0.717, 1.165) is 6.04 Å². The van der Waals surface area contributed by atoms with Crippen LogP contribution in [0.25, 0.3) is 0 Å². The van der Waals surface area contributed by atoms with Crippen LogP contribution in [0.2, 0.25) is 0 Å². The molecule has 10 heavy (non-hydrogen) atoms. The molecule has 0 N–H and O–H groups in total. The maximum absolute atomic E-state index is 2.42. The number of allylic oxidation sites excluding steroid dienone is 2. The summed E-state index contributed by atoms with van der Waals surface area (Å²) in [5, 5.41) is 0. The van der Waals surface area contributed by atoms with Gasteiger partial charge in [0.05, 0.1) is 0 Å². The van der Waals surface area contributed by atoms with Crippen molar-refractivity contribution < 1.29 is 0 Å². The Morgan fingerprint density at radius 1 is 1.60 bits per heavy atom. The zero-order chi connectivity index (χ0) is 7.72. The molecule has 58 valence electrons. The molecule has 0 aromatic carbocycles. The van der Waals surface area contributed by atoms with Gasteiger partial charge in [0.1, 0.15) is 0 Å². The highest BCUT2D eigenvalue weighted by atomic mass is 15.3. The second kappa shape index (κ2) is 2.65. The Morgan fingerprint density at radius 2 is 2.10 bits per heavy atom. The molecule has 1 nitrogen and oxygen atoms in total. The summed E-state index contributed by atoms with van der Waals surface area (Å²) in [6, 6.07) is 0.801. The highest BCUT2D eigenvalue weighted by Crippen LogP contribution is 2.23. The molecule has 1 heterocycles. The zero-order valence-electron chi connectivity index (χ0n) is 7.39. The Bertz CT molecular complexity index is 147. The lowest BCUT2D eigenvalue weighted by Crippen LogP contribution is -1.97. The van der Waals surface area contributed by atoms with Gasteiger partial charge in [-0.05, 0) is 19.8 Å². The quantitative estimate of drug-likeness (QED) is 0.530. The van der Waals surface area contributed by atoms with Gasteiger partial charge in [-0.3, -0.25) is 0 Å². The average Bonchev–Trinajstić information content (AvgIpc) is 2.44. The van der Waals surface area contributed by atoms with Crippen LogP contribution in [-0.4, -0.2) is 17.5 Å². The fourth-order valence-corrected chi connectivity index (χ4v) is 1.31. The summed E-state index contributed by atoms with van der Waals surface area (Å²) in [4.78, 5) is 2.42. The lowest BCUT2D eigenvalue weighted by Gasteiger charge is -2.04. The van der Waals surface area contributed by atoms with Crippen molar-refractivity contribution in [1.82, 2.24) is 4.90 Å². The van der Waals surface area contributed by atoms with Crippen molar-refractivity contribution in [3.63, 3.8) is 0 Å². The van der Waals surface area contributed by atoms with E-state index in [0.29, 0.717) is 5.92 Å². The summed E-state index contributed by atoms with van der Waals surface area (Å²) in [5.41, 5.74) is 1.45. The molecular weight excluding hydrogens is 122 g/mol. The maximum Gasteiger partial charge on any atom is 0.0434 e. The molecule has 0 saturated carbocycles. The first-order chi connectivity index (χ1) is 4.61. The SMILES string of the molecule is CC(=CC(C)C)N1CC1C. The second-order valence-corrected chi connectivity index (χ2v) is 3.55. The van der Waals surface area contributed by atoms with E-state index in [1.165, 1.54) is 12.2 Å². The summed E-state index contributed by atoms with van der Waals surface area (Å²) in [6.45, 7) is 10.2. The third-order valence-electron chi connectivity index (χ3n) is 1.89. The van der Waals surface area contributed by atoms with Gasteiger partial charge in [0.25, 0.3) is 0 Å². The van der Waals surface area contributed by atoms with Gasteiger partial charge < -0.3 is 4.90 Å². The average molecular weight is 139 g/mol. The van der Waals surface area contributed by atoms with Crippen LogP contribution in [0, 0.1) is 5.92 Å². The normalized spacial score (nSPS) is 25.9. The van der Waals surface area contributed by atoms with Crippen LogP contribution in [0.3, 0.4) is 0 Å². The number of rotatable bonds is 2. The van der Waals surface area contributed by atoms with Crippen LogP contribution in [-0.2, 0) is 0 Å². The molecule has 0 aromatic heterocycles. The molecule has 0 radical (unpaired) electrons. The fourth-order valence-electron chi connectivity index (χ4n) is 1.31. The van der Waals surface area contributed by atoms with E-state index in [1.54, 1.807) is 0 Å². The molecule has 1 rings (SSSR count). The van der Waals surface area contributed by atoms with E-state index >= 15 is 0 Å². The van der Waals surface area contributed by atoms with Gasteiger partial charge in [-0.1, -0.05) is 19.9 Å². The third-order valence-corrected chi connectivity index (χ3v) is 1.89. The van der Waals surface area contributed by atoms with E-state index in [2.05, 4.69) is 38.7 Å². The summed E-state index contributed by atoms with van der Waals surface area (Å²) in [7, 11) is 0. The maximum atomic E-state index is 2.42. The Balaban J connectivity index is 2.41. The molecule has 1 aliphatic rings. The van der Waals surface area contributed by atoms with Crippen LogP contribution in [0.1, 0.15) is 27.7 Å². The Labute approximate surface area is 63.7 Å². The number of nitrogens with zero attached hydrogens (tertiary/aromatic N) is 1. The van der Waals surface area contributed by atoms with Crippen molar-refractivity contribution in [2.45, 2.75) is 33.7 Å². The first-order valence-corrected chi connectivity index (χ1v) is 4.06. The molecule has 1 fully saturated rings. The van der Waals surface area contributed by atoms with Crippen molar-refractivity contribution in [2.75, 3.05) is 6.54 Å². The van der Waals surface area contributed by atoms with Crippen LogP contribution in [0.4, 0.5) is 0 Å². The van der Waals surface area contributed by atoms with E-state index in [4.69, 9.17) is 0 Å². The number of hydrogen-bond acceptors (Lipinski definition) is 1. The largest absolute Gasteiger partial charge is 0.369 e. The van der Waals surface area contributed by atoms with E-state index < -0.39 is 0 Å². The first-order valence-electron chi connectivity index (χ1n) is 4.06.